The number of nitrogen functional groups attached to an aromatic ring is 1. The molecule has 1 amide bonds. The molecule has 2 aliphatic heterocycles. The molecule has 2 aromatic rings. The van der Waals surface area contributed by atoms with Gasteiger partial charge in [-0.2, -0.15) is 15.2 Å². The van der Waals surface area contributed by atoms with Gasteiger partial charge in [-0.1, -0.05) is 36.4 Å². The third-order valence-corrected chi connectivity index (χ3v) is 4.52. The van der Waals surface area contributed by atoms with Crippen molar-refractivity contribution < 1.29 is 4.79 Å². The van der Waals surface area contributed by atoms with Crippen molar-refractivity contribution in [1.82, 2.24) is 5.43 Å². The molecule has 0 saturated heterocycles. The lowest BCUT2D eigenvalue weighted by Crippen LogP contribution is -2.34. The number of nitrogens with one attached hydrogen (secondary N) is 1. The fourth-order valence-electron chi connectivity index (χ4n) is 3.20. The molecule has 2 aliphatic rings. The smallest absolute Gasteiger partial charge is 0.262 e. The molecule has 4 rings (SSSR count). The van der Waals surface area contributed by atoms with Crippen molar-refractivity contribution in [2.75, 3.05) is 10.7 Å². The number of rotatable bonds is 3. The maximum absolute atomic E-state index is 13.2. The van der Waals surface area contributed by atoms with E-state index in [1.807, 2.05) is 73.7 Å². The monoisotopic (exact) mass is 357 g/mol. The second kappa shape index (κ2) is 6.92. The molecule has 0 saturated carbocycles. The predicted molar refractivity (Wildman–Crippen MR) is 109 cm³/mol. The van der Waals surface area contributed by atoms with Gasteiger partial charge >= 0.3 is 0 Å². The van der Waals surface area contributed by atoms with Crippen molar-refractivity contribution in [3.05, 3.63) is 78.5 Å². The van der Waals surface area contributed by atoms with Crippen LogP contribution < -0.4 is 16.2 Å². The Bertz CT molecular complexity index is 987. The first-order chi connectivity index (χ1) is 13.1. The summed E-state index contributed by atoms with van der Waals surface area (Å²) in [6.45, 7) is 1.85. The van der Waals surface area contributed by atoms with E-state index in [9.17, 15) is 4.79 Å². The van der Waals surface area contributed by atoms with E-state index in [1.54, 1.807) is 6.20 Å². The Kier molecular flexibility index (Phi) is 4.30. The molecule has 6 nitrogen and oxygen atoms in total. The van der Waals surface area contributed by atoms with Crippen molar-refractivity contribution in [3.63, 3.8) is 0 Å². The molecule has 1 unspecified atom stereocenters. The van der Waals surface area contributed by atoms with Crippen molar-refractivity contribution in [3.8, 4) is 0 Å². The number of anilines is 2. The zero-order valence-corrected chi connectivity index (χ0v) is 14.8. The summed E-state index contributed by atoms with van der Waals surface area (Å²) in [5.41, 5.74) is 13.3. The molecule has 2 heterocycles. The number of benzene rings is 2. The second-order valence-electron chi connectivity index (χ2n) is 6.35. The van der Waals surface area contributed by atoms with E-state index in [2.05, 4.69) is 15.6 Å². The average molecular weight is 357 g/mol. The molecule has 0 fully saturated rings. The lowest BCUT2D eigenvalue weighted by Gasteiger charge is -2.17. The van der Waals surface area contributed by atoms with Gasteiger partial charge in [-0.3, -0.25) is 10.2 Å². The fraction of sp³-hybridized carbons (Fsp3) is 0.0952. The zero-order valence-electron chi connectivity index (χ0n) is 14.8. The summed E-state index contributed by atoms with van der Waals surface area (Å²) in [7, 11) is 0. The van der Waals surface area contributed by atoms with E-state index < -0.39 is 5.92 Å². The largest absolute Gasteiger partial charge is 0.399 e. The molecule has 0 aliphatic carbocycles. The van der Waals surface area contributed by atoms with E-state index in [-0.39, 0.29) is 5.91 Å². The number of carbonyl (C=O) groups is 1. The van der Waals surface area contributed by atoms with Crippen molar-refractivity contribution in [2.45, 2.75) is 6.92 Å². The predicted octanol–water partition coefficient (Wildman–Crippen LogP) is 3.16. The van der Waals surface area contributed by atoms with Crippen LogP contribution in [0.1, 0.15) is 12.5 Å². The lowest BCUT2D eigenvalue weighted by molar-refractivity contribution is -0.118. The van der Waals surface area contributed by atoms with Crippen LogP contribution in [-0.4, -0.2) is 17.3 Å². The highest BCUT2D eigenvalue weighted by atomic mass is 16.2. The minimum absolute atomic E-state index is 0.123. The van der Waals surface area contributed by atoms with E-state index in [0.717, 1.165) is 16.8 Å². The quantitative estimate of drug-likeness (QED) is 0.828. The van der Waals surface area contributed by atoms with Crippen molar-refractivity contribution in [1.29, 1.82) is 0 Å². The van der Waals surface area contributed by atoms with Gasteiger partial charge in [0.2, 0.25) is 0 Å². The first-order valence-corrected chi connectivity index (χ1v) is 8.65. The molecular weight excluding hydrogens is 338 g/mol. The third kappa shape index (κ3) is 3.13. The third-order valence-electron chi connectivity index (χ3n) is 4.52. The van der Waals surface area contributed by atoms with Gasteiger partial charge in [-0.05, 0) is 42.8 Å². The number of para-hydroxylation sites is 1. The van der Waals surface area contributed by atoms with Gasteiger partial charge in [-0.15, -0.1) is 0 Å². The number of nitrogens with zero attached hydrogens (tertiary/aromatic N) is 3. The summed E-state index contributed by atoms with van der Waals surface area (Å²) < 4.78 is 0. The standard InChI is InChI=1S/C21H19N5O/c1-14-19(21(27)26(25-14)17-6-3-2-4-7-17)20-18(8-5-13-23-24-20)15-9-11-16(22)12-10-15/h2-13,19,23H,22H2,1H3. The van der Waals surface area contributed by atoms with Gasteiger partial charge < -0.3 is 5.73 Å². The van der Waals surface area contributed by atoms with Crippen LogP contribution in [0, 0.1) is 5.92 Å². The molecule has 0 spiro atoms. The number of carbonyl (C=O) groups excluding carboxylic acids is 1. The highest BCUT2D eigenvalue weighted by Crippen LogP contribution is 2.30. The summed E-state index contributed by atoms with van der Waals surface area (Å²) >= 11 is 0. The lowest BCUT2D eigenvalue weighted by atomic mass is 9.88. The summed E-state index contributed by atoms with van der Waals surface area (Å²) in [6, 6.07) is 16.9. The topological polar surface area (TPSA) is 83.1 Å². The SMILES string of the molecule is CC1=NN(c2ccccc2)C(=O)C1C1=NNC=CC=C1c1ccc(N)cc1. The number of amides is 1. The van der Waals surface area contributed by atoms with Crippen LogP contribution >= 0.6 is 0 Å². The molecule has 2 aromatic carbocycles. The molecule has 0 aromatic heterocycles. The Balaban J connectivity index is 1.73. The molecule has 3 N–H and O–H groups in total. The van der Waals surface area contributed by atoms with E-state index in [1.165, 1.54) is 5.01 Å². The Morgan fingerprint density at radius 1 is 1.07 bits per heavy atom. The molecule has 1 atom stereocenters. The zero-order chi connectivity index (χ0) is 18.8. The second-order valence-corrected chi connectivity index (χ2v) is 6.35. The van der Waals surface area contributed by atoms with Crippen LogP contribution in [0.15, 0.2) is 83.2 Å². The molecular formula is C21H19N5O. The van der Waals surface area contributed by atoms with E-state index >= 15 is 0 Å². The van der Waals surface area contributed by atoms with Gasteiger partial charge in [0.25, 0.3) is 5.91 Å². The molecule has 27 heavy (non-hydrogen) atoms. The van der Waals surface area contributed by atoms with E-state index in [4.69, 9.17) is 5.73 Å². The van der Waals surface area contributed by atoms with Crippen molar-refractivity contribution in [2.24, 2.45) is 16.1 Å². The normalized spacial score (nSPS) is 19.1. The number of hydrogen-bond donors (Lipinski definition) is 2. The van der Waals surface area contributed by atoms with Crippen molar-refractivity contribution >= 4 is 34.3 Å². The van der Waals surface area contributed by atoms with Crippen LogP contribution in [0.2, 0.25) is 0 Å². The van der Waals surface area contributed by atoms with Crippen LogP contribution in [0.4, 0.5) is 11.4 Å². The van der Waals surface area contributed by atoms with Gasteiger partial charge in [0.15, 0.2) is 0 Å². The Morgan fingerprint density at radius 2 is 1.81 bits per heavy atom. The van der Waals surface area contributed by atoms with Crippen LogP contribution in [0.25, 0.3) is 5.57 Å². The highest BCUT2D eigenvalue weighted by molar-refractivity contribution is 6.40. The van der Waals surface area contributed by atoms with Crippen LogP contribution in [0.3, 0.4) is 0 Å². The Morgan fingerprint density at radius 3 is 2.56 bits per heavy atom. The number of nitrogens with two attached hydrogens (primary N) is 1. The first-order valence-electron chi connectivity index (χ1n) is 8.65. The first kappa shape index (κ1) is 16.8. The number of hydrazone groups is 2. The van der Waals surface area contributed by atoms with Gasteiger partial charge in [0.1, 0.15) is 5.92 Å². The number of hydrogen-bond acceptors (Lipinski definition) is 5. The molecule has 134 valence electrons. The summed E-state index contributed by atoms with van der Waals surface area (Å²) in [5, 5.41) is 10.4. The minimum Gasteiger partial charge on any atom is -0.399 e. The summed E-state index contributed by atoms with van der Waals surface area (Å²) in [5.74, 6) is -0.677. The van der Waals surface area contributed by atoms with Crippen LogP contribution in [0.5, 0.6) is 0 Å². The molecule has 0 bridgehead atoms. The van der Waals surface area contributed by atoms with Gasteiger partial charge in [0.05, 0.1) is 17.1 Å². The summed E-state index contributed by atoms with van der Waals surface area (Å²) in [4.78, 5) is 13.2. The maximum Gasteiger partial charge on any atom is 0.262 e. The molecule has 0 radical (unpaired) electrons. The van der Waals surface area contributed by atoms with Gasteiger partial charge in [-0.25, -0.2) is 0 Å². The minimum atomic E-state index is -0.554. The van der Waals surface area contributed by atoms with Crippen LogP contribution in [-0.2, 0) is 4.79 Å². The number of allylic oxidation sites excluding steroid dienone is 3. The molecule has 6 heteroatoms. The maximum atomic E-state index is 13.2. The Labute approximate surface area is 157 Å². The highest BCUT2D eigenvalue weighted by Gasteiger charge is 2.39. The Hall–Kier alpha value is -3.67. The van der Waals surface area contributed by atoms with E-state index in [0.29, 0.717) is 17.1 Å². The fourth-order valence-corrected chi connectivity index (χ4v) is 3.20. The average Bonchev–Trinajstić information content (AvgIpc) is 2.85. The summed E-state index contributed by atoms with van der Waals surface area (Å²) in [6.07, 6.45) is 5.53. The van der Waals surface area contributed by atoms with Gasteiger partial charge in [0, 0.05) is 17.5 Å².